The molecule has 2 atom stereocenters. The van der Waals surface area contributed by atoms with Crippen LogP contribution >= 0.6 is 0 Å². The number of carbonyl (C=O) groups excluding carboxylic acids is 2. The van der Waals surface area contributed by atoms with Crippen molar-refractivity contribution in [2.75, 3.05) is 38.2 Å². The van der Waals surface area contributed by atoms with E-state index in [1.165, 1.54) is 6.07 Å². The number of rotatable bonds is 5. The highest BCUT2D eigenvalue weighted by Gasteiger charge is 2.33. The second kappa shape index (κ2) is 10.3. The molecule has 1 aromatic carbocycles. The summed E-state index contributed by atoms with van der Waals surface area (Å²) in [7, 11) is 0. The largest absolute Gasteiger partial charge is 0.381 e. The van der Waals surface area contributed by atoms with Crippen molar-refractivity contribution in [2.24, 2.45) is 11.8 Å². The topological polar surface area (TPSA) is 61.9 Å². The third-order valence-corrected chi connectivity index (χ3v) is 7.36. The summed E-state index contributed by atoms with van der Waals surface area (Å²) in [5.74, 6) is -0.106. The normalized spacial score (nSPS) is 25.2. The summed E-state index contributed by atoms with van der Waals surface area (Å²) in [6.45, 7) is 8.04. The molecular formula is C25H36FN3O3. The highest BCUT2D eigenvalue weighted by atomic mass is 19.1. The monoisotopic (exact) mass is 445 g/mol. The molecule has 3 fully saturated rings. The Morgan fingerprint density at radius 3 is 2.56 bits per heavy atom. The fraction of sp³-hybridized carbons (Fsp3) is 0.680. The van der Waals surface area contributed by atoms with E-state index in [1.54, 1.807) is 6.07 Å². The van der Waals surface area contributed by atoms with E-state index in [4.69, 9.17) is 4.74 Å². The van der Waals surface area contributed by atoms with Crippen molar-refractivity contribution >= 4 is 17.5 Å². The molecule has 3 aliphatic rings. The van der Waals surface area contributed by atoms with Crippen molar-refractivity contribution in [3.05, 3.63) is 29.1 Å². The molecule has 176 valence electrons. The van der Waals surface area contributed by atoms with Gasteiger partial charge in [0, 0.05) is 50.4 Å². The van der Waals surface area contributed by atoms with Crippen molar-refractivity contribution in [1.82, 2.24) is 9.80 Å². The lowest BCUT2D eigenvalue weighted by molar-refractivity contribution is -0.140. The van der Waals surface area contributed by atoms with E-state index in [0.29, 0.717) is 31.4 Å². The summed E-state index contributed by atoms with van der Waals surface area (Å²) in [6.07, 6.45) is 6.05. The Kier molecular flexibility index (Phi) is 7.46. The van der Waals surface area contributed by atoms with E-state index in [9.17, 15) is 14.0 Å². The molecule has 1 N–H and O–H groups in total. The lowest BCUT2D eigenvalue weighted by atomic mass is 10.00. The van der Waals surface area contributed by atoms with Gasteiger partial charge in [0.25, 0.3) is 0 Å². The first-order valence-electron chi connectivity index (χ1n) is 12.1. The Morgan fingerprint density at radius 2 is 1.88 bits per heavy atom. The van der Waals surface area contributed by atoms with Gasteiger partial charge < -0.3 is 15.0 Å². The van der Waals surface area contributed by atoms with Gasteiger partial charge in [0.15, 0.2) is 0 Å². The molecule has 2 amide bonds. The van der Waals surface area contributed by atoms with Gasteiger partial charge in [0.05, 0.1) is 12.5 Å². The maximum atomic E-state index is 14.4. The molecule has 2 saturated heterocycles. The minimum Gasteiger partial charge on any atom is -0.381 e. The summed E-state index contributed by atoms with van der Waals surface area (Å²) in [6, 6.07) is 3.12. The Morgan fingerprint density at radius 1 is 1.12 bits per heavy atom. The van der Waals surface area contributed by atoms with Gasteiger partial charge in [-0.1, -0.05) is 12.8 Å². The Hall–Kier alpha value is -1.99. The molecule has 4 rings (SSSR count). The predicted octanol–water partition coefficient (Wildman–Crippen LogP) is 3.72. The van der Waals surface area contributed by atoms with Crippen LogP contribution in [0.1, 0.15) is 56.6 Å². The van der Waals surface area contributed by atoms with Gasteiger partial charge in [-0.2, -0.15) is 0 Å². The fourth-order valence-electron chi connectivity index (χ4n) is 5.36. The number of amides is 2. The van der Waals surface area contributed by atoms with Crippen LogP contribution in [0.25, 0.3) is 0 Å². The van der Waals surface area contributed by atoms with E-state index in [2.05, 4.69) is 17.1 Å². The number of benzene rings is 1. The van der Waals surface area contributed by atoms with Gasteiger partial charge >= 0.3 is 0 Å². The number of hydrogen-bond acceptors (Lipinski definition) is 4. The van der Waals surface area contributed by atoms with E-state index in [-0.39, 0.29) is 29.6 Å². The molecule has 2 heterocycles. The molecule has 1 unspecified atom stereocenters. The number of piperazine rings is 1. The molecule has 2 aliphatic heterocycles. The zero-order valence-corrected chi connectivity index (χ0v) is 19.4. The van der Waals surface area contributed by atoms with Crippen molar-refractivity contribution in [2.45, 2.75) is 65.0 Å². The van der Waals surface area contributed by atoms with Crippen molar-refractivity contribution < 1.29 is 18.7 Å². The molecule has 7 heteroatoms. The average Bonchev–Trinajstić information content (AvgIpc) is 3.32. The summed E-state index contributed by atoms with van der Waals surface area (Å²) < 4.78 is 19.8. The minimum absolute atomic E-state index is 0.1000. The second-order valence-electron chi connectivity index (χ2n) is 9.74. The summed E-state index contributed by atoms with van der Waals surface area (Å²) in [5, 5.41) is 2.93. The first-order valence-corrected chi connectivity index (χ1v) is 12.1. The molecule has 1 aliphatic carbocycles. The molecule has 0 radical (unpaired) electrons. The Bertz CT molecular complexity index is 834. The van der Waals surface area contributed by atoms with E-state index in [1.807, 2.05) is 11.8 Å². The third kappa shape index (κ3) is 5.31. The molecule has 0 bridgehead atoms. The highest BCUT2D eigenvalue weighted by Crippen LogP contribution is 2.29. The third-order valence-electron chi connectivity index (χ3n) is 7.36. The number of hydrogen-bond donors (Lipinski definition) is 1. The molecule has 6 nitrogen and oxygen atoms in total. The number of carbonyl (C=O) groups is 2. The van der Waals surface area contributed by atoms with E-state index in [0.717, 1.165) is 69.3 Å². The smallest absolute Gasteiger partial charge is 0.229 e. The van der Waals surface area contributed by atoms with Crippen molar-refractivity contribution in [3.8, 4) is 0 Å². The van der Waals surface area contributed by atoms with E-state index < -0.39 is 0 Å². The van der Waals surface area contributed by atoms with Crippen molar-refractivity contribution in [3.63, 3.8) is 0 Å². The molecule has 0 aromatic heterocycles. The van der Waals surface area contributed by atoms with Crippen molar-refractivity contribution in [1.29, 1.82) is 0 Å². The summed E-state index contributed by atoms with van der Waals surface area (Å²) in [4.78, 5) is 29.8. The predicted molar refractivity (Wildman–Crippen MR) is 122 cm³/mol. The van der Waals surface area contributed by atoms with Crippen LogP contribution in [0.4, 0.5) is 10.1 Å². The van der Waals surface area contributed by atoms with Crippen LogP contribution in [-0.4, -0.2) is 60.5 Å². The minimum atomic E-state index is -0.344. The van der Waals surface area contributed by atoms with Crippen LogP contribution in [0, 0.1) is 24.6 Å². The number of nitrogens with zero attached hydrogens (tertiary/aromatic N) is 2. The zero-order chi connectivity index (χ0) is 22.7. The first-order chi connectivity index (χ1) is 15.4. The van der Waals surface area contributed by atoms with Crippen LogP contribution in [0.2, 0.25) is 0 Å². The van der Waals surface area contributed by atoms with Crippen LogP contribution in [-0.2, 0) is 20.9 Å². The maximum absolute atomic E-state index is 14.4. The molecular weight excluding hydrogens is 409 g/mol. The fourth-order valence-corrected chi connectivity index (χ4v) is 5.36. The number of halogens is 1. The Labute approximate surface area is 190 Å². The lowest BCUT2D eigenvalue weighted by Crippen LogP contribution is -2.54. The van der Waals surface area contributed by atoms with E-state index >= 15 is 0 Å². The number of ether oxygens (including phenoxy) is 1. The van der Waals surface area contributed by atoms with Crippen LogP contribution < -0.4 is 5.32 Å². The zero-order valence-electron chi connectivity index (χ0n) is 19.4. The molecule has 32 heavy (non-hydrogen) atoms. The first kappa shape index (κ1) is 23.2. The van der Waals surface area contributed by atoms with Gasteiger partial charge in [-0.25, -0.2) is 4.39 Å². The number of nitrogens with one attached hydrogen (secondary N) is 1. The number of anilines is 1. The van der Waals surface area contributed by atoms with Gasteiger partial charge in [0.1, 0.15) is 5.82 Å². The van der Waals surface area contributed by atoms with Crippen LogP contribution in [0.15, 0.2) is 12.1 Å². The average molecular weight is 446 g/mol. The standard InChI is InChI=1S/C25H36FN3O3/c1-17-14-28(9-10-29(17)25(31)19-6-3-4-7-19)15-21-12-22(26)13-23(18(21)2)27-24(30)20-8-5-11-32-16-20/h12-13,17,19-20H,3-11,14-16H2,1-2H3,(H,27,30)/t17-,20?/m0/s1. The Balaban J connectivity index is 1.38. The lowest BCUT2D eigenvalue weighted by Gasteiger charge is -2.41. The summed E-state index contributed by atoms with van der Waals surface area (Å²) >= 11 is 0. The highest BCUT2D eigenvalue weighted by molar-refractivity contribution is 5.93. The van der Waals surface area contributed by atoms with Gasteiger partial charge in [-0.15, -0.1) is 0 Å². The SMILES string of the molecule is Cc1c(CN2CCN(C(=O)C3CCCC3)[C@@H](C)C2)cc(F)cc1NC(=O)C1CCCOC1. The quantitative estimate of drug-likeness (QED) is 0.750. The second-order valence-corrected chi connectivity index (χ2v) is 9.74. The molecule has 0 spiro atoms. The summed E-state index contributed by atoms with van der Waals surface area (Å²) in [5.41, 5.74) is 2.32. The van der Waals surface area contributed by atoms with Gasteiger partial charge in [-0.05, 0) is 62.8 Å². The van der Waals surface area contributed by atoms with Crippen LogP contribution in [0.5, 0.6) is 0 Å². The molecule has 1 saturated carbocycles. The molecule has 1 aromatic rings. The van der Waals surface area contributed by atoms with Gasteiger partial charge in [0.2, 0.25) is 11.8 Å². The maximum Gasteiger partial charge on any atom is 0.229 e. The van der Waals surface area contributed by atoms with Crippen LogP contribution in [0.3, 0.4) is 0 Å². The van der Waals surface area contributed by atoms with Gasteiger partial charge in [-0.3, -0.25) is 14.5 Å².